The van der Waals surface area contributed by atoms with Crippen molar-refractivity contribution in [1.29, 1.82) is 0 Å². The molecule has 0 aromatic heterocycles. The predicted octanol–water partition coefficient (Wildman–Crippen LogP) is 4.32. The molecular weight excluding hydrogens is 365 g/mol. The maximum atomic E-state index is 12.2. The van der Waals surface area contributed by atoms with Gasteiger partial charge in [0.05, 0.1) is 22.9 Å². The number of nitrogens with one attached hydrogen (secondary N) is 1. The predicted molar refractivity (Wildman–Crippen MR) is 97.1 cm³/mol. The highest BCUT2D eigenvalue weighted by atomic mass is 35.5. The maximum absolute atomic E-state index is 12.2. The average molecular weight is 382 g/mol. The number of carbonyl (C=O) groups is 2. The van der Waals surface area contributed by atoms with Crippen LogP contribution in [0.25, 0.3) is 0 Å². The number of halogens is 2. The first-order chi connectivity index (χ1) is 11.9. The second-order valence-electron chi connectivity index (χ2n) is 5.29. The van der Waals surface area contributed by atoms with Gasteiger partial charge in [0.15, 0.2) is 6.10 Å². The Morgan fingerprint density at radius 1 is 1.16 bits per heavy atom. The molecule has 0 fully saturated rings. The summed E-state index contributed by atoms with van der Waals surface area (Å²) in [7, 11) is 1.57. The van der Waals surface area contributed by atoms with Crippen LogP contribution in [-0.2, 0) is 20.9 Å². The molecule has 0 saturated carbocycles. The molecule has 25 heavy (non-hydrogen) atoms. The second-order valence-corrected chi connectivity index (χ2v) is 6.14. The first-order valence-electron chi connectivity index (χ1n) is 7.45. The SMILES string of the molecule is COCc1cccc(C(=O)O[C@@H](C)C(=O)Nc2ccc(Cl)cc2Cl)c1. The van der Waals surface area contributed by atoms with Gasteiger partial charge in [-0.1, -0.05) is 35.3 Å². The zero-order chi connectivity index (χ0) is 18.4. The van der Waals surface area contributed by atoms with E-state index in [-0.39, 0.29) is 0 Å². The number of anilines is 1. The van der Waals surface area contributed by atoms with Crippen LogP contribution in [-0.4, -0.2) is 25.1 Å². The van der Waals surface area contributed by atoms with Crippen molar-refractivity contribution in [3.8, 4) is 0 Å². The van der Waals surface area contributed by atoms with E-state index in [0.29, 0.717) is 27.9 Å². The van der Waals surface area contributed by atoms with Gasteiger partial charge in [-0.05, 0) is 42.8 Å². The molecule has 0 aliphatic rings. The fourth-order valence-electron chi connectivity index (χ4n) is 2.06. The van der Waals surface area contributed by atoms with Gasteiger partial charge in [-0.3, -0.25) is 4.79 Å². The molecule has 7 heteroatoms. The number of hydrogen-bond donors (Lipinski definition) is 1. The van der Waals surface area contributed by atoms with E-state index in [2.05, 4.69) is 5.32 Å². The van der Waals surface area contributed by atoms with Crippen molar-refractivity contribution in [1.82, 2.24) is 0 Å². The lowest BCUT2D eigenvalue weighted by Crippen LogP contribution is -2.30. The van der Waals surface area contributed by atoms with Crippen LogP contribution in [0.3, 0.4) is 0 Å². The van der Waals surface area contributed by atoms with Gasteiger partial charge in [0.25, 0.3) is 5.91 Å². The normalized spacial score (nSPS) is 11.7. The number of carbonyl (C=O) groups excluding carboxylic acids is 2. The van der Waals surface area contributed by atoms with Gasteiger partial charge in [-0.15, -0.1) is 0 Å². The van der Waals surface area contributed by atoms with E-state index in [1.165, 1.54) is 13.0 Å². The number of esters is 1. The Balaban J connectivity index is 2.00. The van der Waals surface area contributed by atoms with Crippen LogP contribution in [0, 0.1) is 0 Å². The highest BCUT2D eigenvalue weighted by Gasteiger charge is 2.20. The van der Waals surface area contributed by atoms with Crippen molar-refractivity contribution < 1.29 is 19.1 Å². The third kappa shape index (κ3) is 5.46. The van der Waals surface area contributed by atoms with Crippen LogP contribution in [0.4, 0.5) is 5.69 Å². The second kappa shape index (κ2) is 8.85. The Kier molecular flexibility index (Phi) is 6.82. The summed E-state index contributed by atoms with van der Waals surface area (Å²) < 4.78 is 10.2. The molecule has 1 amide bonds. The summed E-state index contributed by atoms with van der Waals surface area (Å²) >= 11 is 11.8. The molecule has 2 aromatic carbocycles. The number of amides is 1. The van der Waals surface area contributed by atoms with E-state index in [0.717, 1.165) is 5.56 Å². The van der Waals surface area contributed by atoms with Gasteiger partial charge < -0.3 is 14.8 Å². The number of rotatable bonds is 6. The molecule has 1 atom stereocenters. The lowest BCUT2D eigenvalue weighted by atomic mass is 10.1. The van der Waals surface area contributed by atoms with E-state index < -0.39 is 18.0 Å². The van der Waals surface area contributed by atoms with Crippen LogP contribution in [0.2, 0.25) is 10.0 Å². The zero-order valence-electron chi connectivity index (χ0n) is 13.7. The van der Waals surface area contributed by atoms with Gasteiger partial charge in [0.1, 0.15) is 0 Å². The van der Waals surface area contributed by atoms with Gasteiger partial charge in [-0.2, -0.15) is 0 Å². The Bertz CT molecular complexity index is 779. The fourth-order valence-corrected chi connectivity index (χ4v) is 2.52. The molecule has 0 heterocycles. The molecule has 0 unspecified atom stereocenters. The van der Waals surface area contributed by atoms with Crippen molar-refractivity contribution in [3.63, 3.8) is 0 Å². The van der Waals surface area contributed by atoms with E-state index in [4.69, 9.17) is 32.7 Å². The molecule has 0 radical (unpaired) electrons. The van der Waals surface area contributed by atoms with Crippen LogP contribution in [0.5, 0.6) is 0 Å². The Labute approximate surface area is 155 Å². The topological polar surface area (TPSA) is 64.6 Å². The van der Waals surface area contributed by atoms with Crippen molar-refractivity contribution in [2.45, 2.75) is 19.6 Å². The van der Waals surface area contributed by atoms with Crippen molar-refractivity contribution in [2.75, 3.05) is 12.4 Å². The smallest absolute Gasteiger partial charge is 0.338 e. The monoisotopic (exact) mass is 381 g/mol. The molecule has 132 valence electrons. The largest absolute Gasteiger partial charge is 0.449 e. The summed E-state index contributed by atoms with van der Waals surface area (Å²) in [4.78, 5) is 24.4. The number of hydrogen-bond acceptors (Lipinski definition) is 4. The standard InChI is InChI=1S/C18H17Cl2NO4/c1-11(17(22)21-16-7-6-14(19)9-15(16)20)25-18(23)13-5-3-4-12(8-13)10-24-2/h3-9,11H,10H2,1-2H3,(H,21,22)/t11-/m0/s1. The zero-order valence-corrected chi connectivity index (χ0v) is 15.2. The van der Waals surface area contributed by atoms with E-state index >= 15 is 0 Å². The summed E-state index contributed by atoms with van der Waals surface area (Å²) in [6, 6.07) is 11.5. The molecule has 0 bridgehead atoms. The van der Waals surface area contributed by atoms with E-state index in [1.54, 1.807) is 37.4 Å². The van der Waals surface area contributed by atoms with Gasteiger partial charge in [-0.25, -0.2) is 4.79 Å². The summed E-state index contributed by atoms with van der Waals surface area (Å²) in [5, 5.41) is 3.35. The van der Waals surface area contributed by atoms with E-state index in [9.17, 15) is 9.59 Å². The minimum absolute atomic E-state index is 0.298. The number of methoxy groups -OCH3 is 1. The van der Waals surface area contributed by atoms with Crippen LogP contribution in [0.1, 0.15) is 22.8 Å². The van der Waals surface area contributed by atoms with Gasteiger partial charge >= 0.3 is 5.97 Å². The van der Waals surface area contributed by atoms with Crippen LogP contribution >= 0.6 is 23.2 Å². The maximum Gasteiger partial charge on any atom is 0.338 e. The highest BCUT2D eigenvalue weighted by molar-refractivity contribution is 6.36. The quantitative estimate of drug-likeness (QED) is 0.756. The first kappa shape index (κ1) is 19.2. The van der Waals surface area contributed by atoms with Gasteiger partial charge in [0.2, 0.25) is 0 Å². The summed E-state index contributed by atoms with van der Waals surface area (Å²) in [6.07, 6.45) is -0.995. The Morgan fingerprint density at radius 3 is 2.60 bits per heavy atom. The molecule has 5 nitrogen and oxygen atoms in total. The molecular formula is C18H17Cl2NO4. The number of benzene rings is 2. The third-order valence-electron chi connectivity index (χ3n) is 3.32. The summed E-state index contributed by atoms with van der Waals surface area (Å²) in [5.41, 5.74) is 1.57. The molecule has 0 aliphatic heterocycles. The van der Waals surface area contributed by atoms with E-state index in [1.807, 2.05) is 6.07 Å². The molecule has 2 rings (SSSR count). The van der Waals surface area contributed by atoms with Crippen molar-refractivity contribution >= 4 is 40.8 Å². The molecule has 0 spiro atoms. The Morgan fingerprint density at radius 2 is 1.92 bits per heavy atom. The number of ether oxygens (including phenoxy) is 2. The fraction of sp³-hybridized carbons (Fsp3) is 0.222. The minimum Gasteiger partial charge on any atom is -0.449 e. The molecule has 0 aliphatic carbocycles. The van der Waals surface area contributed by atoms with Crippen LogP contribution in [0.15, 0.2) is 42.5 Å². The lowest BCUT2D eigenvalue weighted by Gasteiger charge is -2.14. The Hall–Kier alpha value is -2.08. The third-order valence-corrected chi connectivity index (χ3v) is 3.86. The molecule has 1 N–H and O–H groups in total. The minimum atomic E-state index is -0.995. The average Bonchev–Trinajstić information content (AvgIpc) is 2.57. The summed E-state index contributed by atoms with van der Waals surface area (Å²) in [6.45, 7) is 1.86. The molecule has 0 saturated heterocycles. The first-order valence-corrected chi connectivity index (χ1v) is 8.21. The lowest BCUT2D eigenvalue weighted by molar-refractivity contribution is -0.123. The summed E-state index contributed by atoms with van der Waals surface area (Å²) in [5.74, 6) is -1.09. The molecule has 2 aromatic rings. The van der Waals surface area contributed by atoms with Crippen molar-refractivity contribution in [3.05, 3.63) is 63.6 Å². The van der Waals surface area contributed by atoms with Crippen molar-refractivity contribution in [2.24, 2.45) is 0 Å². The van der Waals surface area contributed by atoms with Crippen LogP contribution < -0.4 is 5.32 Å². The van der Waals surface area contributed by atoms with Gasteiger partial charge in [0, 0.05) is 12.1 Å². The highest BCUT2D eigenvalue weighted by Crippen LogP contribution is 2.25.